The lowest BCUT2D eigenvalue weighted by Gasteiger charge is -2.23. The van der Waals surface area contributed by atoms with Crippen molar-refractivity contribution in [1.82, 2.24) is 10.2 Å². The van der Waals surface area contributed by atoms with Gasteiger partial charge in [0.2, 0.25) is 0 Å². The van der Waals surface area contributed by atoms with Crippen LogP contribution in [0.2, 0.25) is 0 Å². The van der Waals surface area contributed by atoms with Crippen LogP contribution in [0.5, 0.6) is 0 Å². The van der Waals surface area contributed by atoms with Gasteiger partial charge in [-0.05, 0) is 38.4 Å². The van der Waals surface area contributed by atoms with Gasteiger partial charge in [-0.25, -0.2) is 0 Å². The third-order valence-electron chi connectivity index (χ3n) is 2.21. The van der Waals surface area contributed by atoms with Crippen LogP contribution in [0.3, 0.4) is 0 Å². The Morgan fingerprint density at radius 2 is 2.00 bits per heavy atom. The Bertz CT molecular complexity index is 111. The first-order chi connectivity index (χ1) is 5.79. The highest BCUT2D eigenvalue weighted by molar-refractivity contribution is 7.99. The summed E-state index contributed by atoms with van der Waals surface area (Å²) in [6.07, 6.45) is 2.72. The van der Waals surface area contributed by atoms with E-state index >= 15 is 0 Å². The van der Waals surface area contributed by atoms with E-state index in [1.807, 2.05) is 0 Å². The van der Waals surface area contributed by atoms with Crippen LogP contribution in [-0.2, 0) is 0 Å². The molecular weight excluding hydrogens is 168 g/mol. The van der Waals surface area contributed by atoms with Crippen molar-refractivity contribution in [3.8, 4) is 0 Å². The first-order valence-electron chi connectivity index (χ1n) is 4.75. The van der Waals surface area contributed by atoms with Crippen molar-refractivity contribution in [2.45, 2.75) is 18.9 Å². The van der Waals surface area contributed by atoms with Gasteiger partial charge in [0, 0.05) is 19.1 Å². The number of nitrogens with one attached hydrogen (secondary N) is 1. The van der Waals surface area contributed by atoms with E-state index < -0.39 is 0 Å². The monoisotopic (exact) mass is 188 g/mol. The molecule has 1 aliphatic rings. The standard InChI is InChI=1S/C9H20N2S/c1-11(2)6-5-10-9-3-7-12-8-4-9/h9-10H,3-8H2,1-2H3. The van der Waals surface area contributed by atoms with E-state index in [1.165, 1.54) is 24.3 Å². The van der Waals surface area contributed by atoms with E-state index in [4.69, 9.17) is 0 Å². The summed E-state index contributed by atoms with van der Waals surface area (Å²) < 4.78 is 0. The van der Waals surface area contributed by atoms with Gasteiger partial charge in [-0.3, -0.25) is 0 Å². The van der Waals surface area contributed by atoms with Gasteiger partial charge in [0.15, 0.2) is 0 Å². The molecule has 2 nitrogen and oxygen atoms in total. The fourth-order valence-corrected chi connectivity index (χ4v) is 2.50. The zero-order valence-corrected chi connectivity index (χ0v) is 8.99. The summed E-state index contributed by atoms with van der Waals surface area (Å²) in [5.41, 5.74) is 0. The fraction of sp³-hybridized carbons (Fsp3) is 1.00. The SMILES string of the molecule is CN(C)CCNC1CCSCC1. The van der Waals surface area contributed by atoms with Gasteiger partial charge in [-0.15, -0.1) is 0 Å². The molecule has 0 radical (unpaired) electrons. The molecule has 1 saturated heterocycles. The minimum absolute atomic E-state index is 0.797. The first kappa shape index (κ1) is 10.4. The van der Waals surface area contributed by atoms with E-state index in [9.17, 15) is 0 Å². The fourth-order valence-electron chi connectivity index (χ4n) is 1.39. The highest BCUT2D eigenvalue weighted by Crippen LogP contribution is 2.16. The highest BCUT2D eigenvalue weighted by atomic mass is 32.2. The predicted octanol–water partition coefficient (Wildman–Crippen LogP) is 1.03. The Hall–Kier alpha value is 0.270. The summed E-state index contributed by atoms with van der Waals surface area (Å²) in [6.45, 7) is 2.30. The number of hydrogen-bond donors (Lipinski definition) is 1. The van der Waals surface area contributed by atoms with Crippen molar-refractivity contribution < 1.29 is 0 Å². The van der Waals surface area contributed by atoms with Gasteiger partial charge in [0.25, 0.3) is 0 Å². The molecule has 0 atom stereocenters. The number of hydrogen-bond acceptors (Lipinski definition) is 3. The molecule has 1 rings (SSSR count). The van der Waals surface area contributed by atoms with E-state index in [0.29, 0.717) is 0 Å². The molecule has 1 aliphatic heterocycles. The Morgan fingerprint density at radius 1 is 1.33 bits per heavy atom. The van der Waals surface area contributed by atoms with Crippen molar-refractivity contribution in [3.63, 3.8) is 0 Å². The quantitative estimate of drug-likeness (QED) is 0.709. The number of nitrogens with zero attached hydrogens (tertiary/aromatic N) is 1. The Morgan fingerprint density at radius 3 is 2.58 bits per heavy atom. The number of rotatable bonds is 4. The molecule has 0 spiro atoms. The second-order valence-electron chi connectivity index (χ2n) is 3.64. The van der Waals surface area contributed by atoms with E-state index in [2.05, 4.69) is 36.1 Å². The smallest absolute Gasteiger partial charge is 0.0101 e. The molecule has 1 heterocycles. The van der Waals surface area contributed by atoms with E-state index in [1.54, 1.807) is 0 Å². The third-order valence-corrected chi connectivity index (χ3v) is 3.26. The van der Waals surface area contributed by atoms with Gasteiger partial charge in [0.1, 0.15) is 0 Å². The molecule has 0 unspecified atom stereocenters. The average molecular weight is 188 g/mol. The average Bonchev–Trinajstić information content (AvgIpc) is 2.05. The molecule has 0 aromatic heterocycles. The molecule has 0 bridgehead atoms. The van der Waals surface area contributed by atoms with Crippen LogP contribution in [0.4, 0.5) is 0 Å². The summed E-state index contributed by atoms with van der Waals surface area (Å²) in [5.74, 6) is 2.69. The number of thioether (sulfide) groups is 1. The van der Waals surface area contributed by atoms with Gasteiger partial charge < -0.3 is 10.2 Å². The summed E-state index contributed by atoms with van der Waals surface area (Å²) in [4.78, 5) is 2.23. The van der Waals surface area contributed by atoms with Crippen LogP contribution in [0.15, 0.2) is 0 Å². The van der Waals surface area contributed by atoms with Gasteiger partial charge in [0.05, 0.1) is 0 Å². The molecule has 0 amide bonds. The van der Waals surface area contributed by atoms with Crippen LogP contribution >= 0.6 is 11.8 Å². The maximum absolute atomic E-state index is 3.60. The molecule has 72 valence electrons. The molecule has 0 aliphatic carbocycles. The lowest BCUT2D eigenvalue weighted by Crippen LogP contribution is -2.36. The summed E-state index contributed by atoms with van der Waals surface area (Å²) in [7, 11) is 4.25. The third kappa shape index (κ3) is 4.33. The molecular formula is C9H20N2S. The van der Waals surface area contributed by atoms with Crippen molar-refractivity contribution in [2.24, 2.45) is 0 Å². The zero-order valence-electron chi connectivity index (χ0n) is 8.18. The largest absolute Gasteiger partial charge is 0.313 e. The van der Waals surface area contributed by atoms with E-state index in [0.717, 1.165) is 19.1 Å². The van der Waals surface area contributed by atoms with Crippen molar-refractivity contribution in [1.29, 1.82) is 0 Å². The van der Waals surface area contributed by atoms with Crippen LogP contribution in [0, 0.1) is 0 Å². The first-order valence-corrected chi connectivity index (χ1v) is 5.90. The highest BCUT2D eigenvalue weighted by Gasteiger charge is 2.11. The lowest BCUT2D eigenvalue weighted by atomic mass is 10.1. The number of likely N-dealkylation sites (N-methyl/N-ethyl adjacent to an activating group) is 1. The van der Waals surface area contributed by atoms with Crippen LogP contribution in [-0.4, -0.2) is 49.6 Å². The van der Waals surface area contributed by atoms with Gasteiger partial charge in [-0.1, -0.05) is 0 Å². The summed E-state index contributed by atoms with van der Waals surface area (Å²) in [6, 6.07) is 0.797. The molecule has 3 heteroatoms. The molecule has 0 saturated carbocycles. The molecule has 12 heavy (non-hydrogen) atoms. The molecule has 0 aromatic rings. The topological polar surface area (TPSA) is 15.3 Å². The van der Waals surface area contributed by atoms with Gasteiger partial charge >= 0.3 is 0 Å². The maximum Gasteiger partial charge on any atom is 0.0101 e. The zero-order chi connectivity index (χ0) is 8.81. The second-order valence-corrected chi connectivity index (χ2v) is 4.87. The van der Waals surface area contributed by atoms with Crippen LogP contribution in [0.1, 0.15) is 12.8 Å². The minimum Gasteiger partial charge on any atom is -0.313 e. The Kier molecular flexibility index (Phi) is 5.04. The Labute approximate surface area is 80.1 Å². The normalized spacial score (nSPS) is 20.2. The molecule has 1 N–H and O–H groups in total. The van der Waals surface area contributed by atoms with Crippen LogP contribution in [0.25, 0.3) is 0 Å². The van der Waals surface area contributed by atoms with Crippen molar-refractivity contribution in [3.05, 3.63) is 0 Å². The molecule has 1 fully saturated rings. The van der Waals surface area contributed by atoms with Gasteiger partial charge in [-0.2, -0.15) is 11.8 Å². The van der Waals surface area contributed by atoms with Crippen LogP contribution < -0.4 is 5.32 Å². The van der Waals surface area contributed by atoms with Crippen molar-refractivity contribution in [2.75, 3.05) is 38.7 Å². The summed E-state index contributed by atoms with van der Waals surface area (Å²) >= 11 is 2.09. The predicted molar refractivity (Wildman–Crippen MR) is 56.9 cm³/mol. The van der Waals surface area contributed by atoms with Crippen molar-refractivity contribution >= 4 is 11.8 Å². The lowest BCUT2D eigenvalue weighted by molar-refractivity contribution is 0.376. The summed E-state index contributed by atoms with van der Waals surface area (Å²) in [5, 5.41) is 3.60. The minimum atomic E-state index is 0.797. The second kappa shape index (κ2) is 5.84. The molecule has 0 aromatic carbocycles. The van der Waals surface area contributed by atoms with E-state index in [-0.39, 0.29) is 0 Å². The maximum atomic E-state index is 3.60. The Balaban J connectivity index is 1.98.